The second-order valence-electron chi connectivity index (χ2n) is 4.16. The Bertz CT molecular complexity index is 454. The Morgan fingerprint density at radius 1 is 1.31 bits per heavy atom. The number of nitrogens with two attached hydrogens (primary N) is 1. The topological polar surface area (TPSA) is 60.2 Å². The van der Waals surface area contributed by atoms with Crippen LogP contribution in [0.1, 0.15) is 30.5 Å². The second-order valence-corrected chi connectivity index (χ2v) is 6.42. The minimum absolute atomic E-state index is 0.443. The first-order valence-corrected chi connectivity index (χ1v) is 7.33. The monoisotopic (exact) mass is 241 g/mol. The van der Waals surface area contributed by atoms with Gasteiger partial charge in [0.25, 0.3) is 0 Å². The van der Waals surface area contributed by atoms with Gasteiger partial charge in [-0.3, -0.25) is 0 Å². The van der Waals surface area contributed by atoms with E-state index in [1.54, 1.807) is 0 Å². The number of sulfone groups is 1. The predicted octanol–water partition coefficient (Wildman–Crippen LogP) is 1.82. The Morgan fingerprint density at radius 3 is 2.31 bits per heavy atom. The van der Waals surface area contributed by atoms with E-state index < -0.39 is 21.1 Å². The van der Waals surface area contributed by atoms with Gasteiger partial charge in [0.2, 0.25) is 0 Å². The maximum absolute atomic E-state index is 11.6. The molecule has 2 N–H and O–H groups in total. The highest BCUT2D eigenvalue weighted by molar-refractivity contribution is 7.91. The lowest BCUT2D eigenvalue weighted by molar-refractivity contribution is 0.552. The molecule has 0 saturated carbocycles. The van der Waals surface area contributed by atoms with Crippen LogP contribution in [-0.2, 0) is 9.84 Å². The fourth-order valence-corrected chi connectivity index (χ4v) is 3.27. The Labute approximate surface area is 97.6 Å². The number of hydrogen-bond acceptors (Lipinski definition) is 3. The smallest absolute Gasteiger partial charge is 0.152 e. The summed E-state index contributed by atoms with van der Waals surface area (Å²) in [6.07, 6.45) is 1.79. The third-order valence-electron chi connectivity index (χ3n) is 2.90. The summed E-state index contributed by atoms with van der Waals surface area (Å²) in [5, 5.41) is -0.506. The molecule has 0 bridgehead atoms. The van der Waals surface area contributed by atoms with E-state index in [1.165, 1.54) is 6.26 Å². The highest BCUT2D eigenvalue weighted by Gasteiger charge is 2.27. The van der Waals surface area contributed by atoms with Crippen molar-refractivity contribution in [1.82, 2.24) is 0 Å². The molecule has 1 rings (SSSR count). The van der Waals surface area contributed by atoms with Crippen molar-refractivity contribution in [2.45, 2.75) is 31.6 Å². The molecule has 0 amide bonds. The van der Waals surface area contributed by atoms with Gasteiger partial charge >= 0.3 is 0 Å². The van der Waals surface area contributed by atoms with E-state index in [2.05, 4.69) is 0 Å². The molecule has 1 aromatic carbocycles. The fraction of sp³-hybridized carbons (Fsp3) is 0.500. The number of benzene rings is 1. The van der Waals surface area contributed by atoms with Gasteiger partial charge in [-0.15, -0.1) is 0 Å². The van der Waals surface area contributed by atoms with Gasteiger partial charge in [-0.2, -0.15) is 0 Å². The molecule has 0 spiro atoms. The maximum Gasteiger partial charge on any atom is 0.152 e. The average Bonchev–Trinajstić information content (AvgIpc) is 2.17. The van der Waals surface area contributed by atoms with E-state index in [-0.39, 0.29) is 0 Å². The van der Waals surface area contributed by atoms with Crippen LogP contribution in [-0.4, -0.2) is 19.9 Å². The molecular formula is C12H19NO2S. The lowest BCUT2D eigenvalue weighted by atomic mass is 9.98. The first-order valence-electron chi connectivity index (χ1n) is 5.38. The number of hydrogen-bond donors (Lipinski definition) is 1. The zero-order valence-corrected chi connectivity index (χ0v) is 10.8. The summed E-state index contributed by atoms with van der Waals surface area (Å²) in [4.78, 5) is 0. The van der Waals surface area contributed by atoms with Crippen molar-refractivity contribution in [2.75, 3.05) is 6.26 Å². The van der Waals surface area contributed by atoms with Gasteiger partial charge in [0, 0.05) is 12.3 Å². The van der Waals surface area contributed by atoms with Crippen molar-refractivity contribution in [2.24, 2.45) is 5.73 Å². The molecule has 0 radical (unpaired) electrons. The molecular weight excluding hydrogens is 222 g/mol. The van der Waals surface area contributed by atoms with E-state index in [0.717, 1.165) is 11.1 Å². The normalized spacial score (nSPS) is 15.8. The molecule has 0 aliphatic rings. The van der Waals surface area contributed by atoms with Gasteiger partial charge in [0.05, 0.1) is 5.25 Å². The highest BCUT2D eigenvalue weighted by Crippen LogP contribution is 2.24. The average molecular weight is 241 g/mol. The van der Waals surface area contributed by atoms with Gasteiger partial charge in [-0.25, -0.2) is 8.42 Å². The standard InChI is InChI=1S/C12H19NO2S/c1-4-11(16(3,14)15)12(13)10-8-6-5-7-9(10)2/h5-8,11-12H,4,13H2,1-3H3. The summed E-state index contributed by atoms with van der Waals surface area (Å²) in [5.74, 6) is 0. The van der Waals surface area contributed by atoms with E-state index in [9.17, 15) is 8.42 Å². The summed E-state index contributed by atoms with van der Waals surface area (Å²) < 4.78 is 23.2. The third kappa shape index (κ3) is 2.83. The van der Waals surface area contributed by atoms with Crippen molar-refractivity contribution < 1.29 is 8.42 Å². The van der Waals surface area contributed by atoms with Gasteiger partial charge in [0.1, 0.15) is 0 Å². The summed E-state index contributed by atoms with van der Waals surface area (Å²) in [6.45, 7) is 3.80. The van der Waals surface area contributed by atoms with Crippen LogP contribution in [0.15, 0.2) is 24.3 Å². The maximum atomic E-state index is 11.6. The lowest BCUT2D eigenvalue weighted by Crippen LogP contribution is -2.33. The molecule has 0 fully saturated rings. The van der Waals surface area contributed by atoms with Gasteiger partial charge in [-0.05, 0) is 24.5 Å². The third-order valence-corrected chi connectivity index (χ3v) is 4.63. The molecule has 0 aromatic heterocycles. The summed E-state index contributed by atoms with van der Waals surface area (Å²) in [7, 11) is -3.10. The SMILES string of the molecule is CCC(C(N)c1ccccc1C)S(C)(=O)=O. The molecule has 3 nitrogen and oxygen atoms in total. The number of aryl methyl sites for hydroxylation is 1. The molecule has 90 valence electrons. The Morgan fingerprint density at radius 2 is 1.88 bits per heavy atom. The molecule has 0 aliphatic heterocycles. The van der Waals surface area contributed by atoms with Crippen LogP contribution < -0.4 is 5.73 Å². The van der Waals surface area contributed by atoms with Crippen molar-refractivity contribution in [3.63, 3.8) is 0 Å². The Balaban J connectivity index is 3.10. The molecule has 0 heterocycles. The largest absolute Gasteiger partial charge is 0.323 e. The molecule has 2 atom stereocenters. The van der Waals surface area contributed by atoms with Crippen LogP contribution in [0.2, 0.25) is 0 Å². The molecule has 16 heavy (non-hydrogen) atoms. The zero-order valence-electron chi connectivity index (χ0n) is 9.97. The van der Waals surface area contributed by atoms with E-state index >= 15 is 0 Å². The van der Waals surface area contributed by atoms with Crippen LogP contribution >= 0.6 is 0 Å². The van der Waals surface area contributed by atoms with Crippen molar-refractivity contribution in [3.05, 3.63) is 35.4 Å². The van der Waals surface area contributed by atoms with Crippen molar-refractivity contribution in [3.8, 4) is 0 Å². The Kier molecular flexibility index (Phi) is 4.10. The van der Waals surface area contributed by atoms with Gasteiger partial charge in [0.15, 0.2) is 9.84 Å². The van der Waals surface area contributed by atoms with Gasteiger partial charge < -0.3 is 5.73 Å². The molecule has 0 saturated heterocycles. The summed E-state index contributed by atoms with van der Waals surface area (Å²) in [6, 6.07) is 7.21. The van der Waals surface area contributed by atoms with Gasteiger partial charge in [-0.1, -0.05) is 31.2 Å². The van der Waals surface area contributed by atoms with Crippen LogP contribution in [0.5, 0.6) is 0 Å². The minimum atomic E-state index is -3.10. The van der Waals surface area contributed by atoms with Crippen molar-refractivity contribution >= 4 is 9.84 Å². The molecule has 4 heteroatoms. The molecule has 1 aromatic rings. The van der Waals surface area contributed by atoms with Crippen LogP contribution in [0.25, 0.3) is 0 Å². The highest BCUT2D eigenvalue weighted by atomic mass is 32.2. The van der Waals surface area contributed by atoms with Crippen LogP contribution in [0.4, 0.5) is 0 Å². The lowest BCUT2D eigenvalue weighted by Gasteiger charge is -2.22. The van der Waals surface area contributed by atoms with E-state index in [4.69, 9.17) is 5.73 Å². The summed E-state index contributed by atoms with van der Waals surface area (Å²) >= 11 is 0. The first-order chi connectivity index (χ1) is 7.38. The van der Waals surface area contributed by atoms with E-state index in [1.807, 2.05) is 38.1 Å². The number of rotatable bonds is 4. The fourth-order valence-electron chi connectivity index (χ4n) is 1.98. The summed E-state index contributed by atoms with van der Waals surface area (Å²) in [5.41, 5.74) is 8.01. The van der Waals surface area contributed by atoms with Crippen LogP contribution in [0.3, 0.4) is 0 Å². The first kappa shape index (κ1) is 13.2. The predicted molar refractivity (Wildman–Crippen MR) is 67.0 cm³/mol. The minimum Gasteiger partial charge on any atom is -0.323 e. The van der Waals surface area contributed by atoms with E-state index in [0.29, 0.717) is 6.42 Å². The Hall–Kier alpha value is -0.870. The van der Waals surface area contributed by atoms with Crippen LogP contribution in [0, 0.1) is 6.92 Å². The quantitative estimate of drug-likeness (QED) is 0.874. The van der Waals surface area contributed by atoms with Crippen molar-refractivity contribution in [1.29, 1.82) is 0 Å². The second kappa shape index (κ2) is 4.97. The zero-order chi connectivity index (χ0) is 12.3. The molecule has 2 unspecified atom stereocenters. The molecule has 0 aliphatic carbocycles.